The van der Waals surface area contributed by atoms with Gasteiger partial charge in [0.15, 0.2) is 0 Å². The standard InChI is InChI=1S/C22H26N6/c1-17-5-3-7-20(13-17)27-9-11-28(12-10-27)22-14-21(25-18(2)26-22)24-16-19-6-4-8-23-15-19/h3-8,13-15H,9-12,16H2,1-2H3,(H,24,25,26). The van der Waals surface area contributed by atoms with Gasteiger partial charge in [0.25, 0.3) is 0 Å². The number of anilines is 3. The van der Waals surface area contributed by atoms with E-state index < -0.39 is 0 Å². The Morgan fingerprint density at radius 3 is 2.50 bits per heavy atom. The van der Waals surface area contributed by atoms with E-state index in [-0.39, 0.29) is 0 Å². The number of pyridine rings is 1. The normalized spacial score (nSPS) is 14.2. The van der Waals surface area contributed by atoms with Gasteiger partial charge in [0.2, 0.25) is 0 Å². The monoisotopic (exact) mass is 374 g/mol. The number of hydrogen-bond donors (Lipinski definition) is 1. The van der Waals surface area contributed by atoms with Crippen molar-refractivity contribution >= 4 is 17.3 Å². The van der Waals surface area contributed by atoms with Crippen molar-refractivity contribution in [2.24, 2.45) is 0 Å². The van der Waals surface area contributed by atoms with E-state index in [0.29, 0.717) is 6.54 Å². The zero-order chi connectivity index (χ0) is 19.3. The van der Waals surface area contributed by atoms with Crippen LogP contribution >= 0.6 is 0 Å². The van der Waals surface area contributed by atoms with Crippen LogP contribution in [0.5, 0.6) is 0 Å². The fourth-order valence-corrected chi connectivity index (χ4v) is 3.52. The number of nitrogens with one attached hydrogen (secondary N) is 1. The first-order chi connectivity index (χ1) is 13.7. The van der Waals surface area contributed by atoms with Crippen molar-refractivity contribution in [1.29, 1.82) is 0 Å². The summed E-state index contributed by atoms with van der Waals surface area (Å²) >= 11 is 0. The molecule has 1 N–H and O–H groups in total. The SMILES string of the molecule is Cc1cccc(N2CCN(c3cc(NCc4cccnc4)nc(C)n3)CC2)c1. The summed E-state index contributed by atoms with van der Waals surface area (Å²) in [5, 5.41) is 3.39. The maximum atomic E-state index is 4.67. The number of aromatic nitrogens is 3. The fraction of sp³-hybridized carbons (Fsp3) is 0.318. The minimum Gasteiger partial charge on any atom is -0.368 e. The van der Waals surface area contributed by atoms with Gasteiger partial charge in [-0.15, -0.1) is 0 Å². The molecule has 1 aliphatic rings. The highest BCUT2D eigenvalue weighted by Crippen LogP contribution is 2.22. The lowest BCUT2D eigenvalue weighted by atomic mass is 10.2. The highest BCUT2D eigenvalue weighted by atomic mass is 15.3. The molecule has 6 nitrogen and oxygen atoms in total. The summed E-state index contributed by atoms with van der Waals surface area (Å²) < 4.78 is 0. The van der Waals surface area contributed by atoms with Gasteiger partial charge in [-0.25, -0.2) is 9.97 Å². The van der Waals surface area contributed by atoms with Crippen LogP contribution in [0, 0.1) is 13.8 Å². The molecule has 4 rings (SSSR count). The second kappa shape index (κ2) is 8.25. The second-order valence-electron chi connectivity index (χ2n) is 7.19. The number of rotatable bonds is 5. The molecule has 0 aliphatic carbocycles. The number of hydrogen-bond acceptors (Lipinski definition) is 6. The molecule has 0 saturated carbocycles. The number of aryl methyl sites for hydroxylation is 2. The number of benzene rings is 1. The molecule has 28 heavy (non-hydrogen) atoms. The molecule has 0 atom stereocenters. The topological polar surface area (TPSA) is 57.2 Å². The zero-order valence-corrected chi connectivity index (χ0v) is 16.5. The van der Waals surface area contributed by atoms with Gasteiger partial charge in [0.1, 0.15) is 17.5 Å². The molecular weight excluding hydrogens is 348 g/mol. The van der Waals surface area contributed by atoms with Gasteiger partial charge < -0.3 is 15.1 Å². The first-order valence-corrected chi connectivity index (χ1v) is 9.72. The van der Waals surface area contributed by atoms with Crippen LogP contribution in [-0.4, -0.2) is 41.1 Å². The van der Waals surface area contributed by atoms with Crippen LogP contribution in [0.3, 0.4) is 0 Å². The molecule has 1 aromatic carbocycles. The lowest BCUT2D eigenvalue weighted by Gasteiger charge is -2.37. The van der Waals surface area contributed by atoms with Crippen molar-refractivity contribution in [3.63, 3.8) is 0 Å². The third-order valence-electron chi connectivity index (χ3n) is 4.99. The predicted octanol–water partition coefficient (Wildman–Crippen LogP) is 3.43. The Kier molecular flexibility index (Phi) is 5.37. The van der Waals surface area contributed by atoms with Crippen molar-refractivity contribution in [3.05, 3.63) is 71.8 Å². The molecule has 3 heterocycles. The van der Waals surface area contributed by atoms with E-state index in [9.17, 15) is 0 Å². The molecule has 1 fully saturated rings. The average Bonchev–Trinajstić information content (AvgIpc) is 2.73. The van der Waals surface area contributed by atoms with Crippen LogP contribution in [0.15, 0.2) is 54.9 Å². The summed E-state index contributed by atoms with van der Waals surface area (Å²) in [7, 11) is 0. The second-order valence-corrected chi connectivity index (χ2v) is 7.19. The van der Waals surface area contributed by atoms with Gasteiger partial charge >= 0.3 is 0 Å². The van der Waals surface area contributed by atoms with Crippen LogP contribution in [0.2, 0.25) is 0 Å². The Balaban J connectivity index is 1.41. The Morgan fingerprint density at radius 2 is 1.75 bits per heavy atom. The van der Waals surface area contributed by atoms with Crippen LogP contribution in [0.4, 0.5) is 17.3 Å². The van der Waals surface area contributed by atoms with E-state index in [1.165, 1.54) is 11.3 Å². The number of piperazine rings is 1. The van der Waals surface area contributed by atoms with Crippen LogP contribution < -0.4 is 15.1 Å². The van der Waals surface area contributed by atoms with Gasteiger partial charge in [-0.3, -0.25) is 4.98 Å². The molecule has 3 aromatic rings. The highest BCUT2D eigenvalue weighted by Gasteiger charge is 2.19. The lowest BCUT2D eigenvalue weighted by molar-refractivity contribution is 0.645. The fourth-order valence-electron chi connectivity index (χ4n) is 3.52. The van der Waals surface area contributed by atoms with Crippen molar-refractivity contribution in [3.8, 4) is 0 Å². The van der Waals surface area contributed by atoms with Crippen molar-refractivity contribution in [2.75, 3.05) is 41.3 Å². The van der Waals surface area contributed by atoms with Crippen molar-refractivity contribution < 1.29 is 0 Å². The molecule has 1 aliphatic heterocycles. The van der Waals surface area contributed by atoms with Gasteiger partial charge in [-0.2, -0.15) is 0 Å². The van der Waals surface area contributed by atoms with E-state index in [2.05, 4.69) is 67.3 Å². The molecule has 0 unspecified atom stereocenters. The van der Waals surface area contributed by atoms with Gasteiger partial charge in [-0.1, -0.05) is 18.2 Å². The van der Waals surface area contributed by atoms with Crippen molar-refractivity contribution in [1.82, 2.24) is 15.0 Å². The molecule has 0 amide bonds. The first kappa shape index (κ1) is 18.2. The molecular formula is C22H26N6. The van der Waals surface area contributed by atoms with Crippen LogP contribution in [-0.2, 0) is 6.54 Å². The minimum atomic E-state index is 0.699. The van der Waals surface area contributed by atoms with Gasteiger partial charge in [-0.05, 0) is 43.2 Å². The average molecular weight is 374 g/mol. The summed E-state index contributed by atoms with van der Waals surface area (Å²) in [5.41, 5.74) is 3.74. The molecule has 0 radical (unpaired) electrons. The molecule has 2 aromatic heterocycles. The first-order valence-electron chi connectivity index (χ1n) is 9.72. The summed E-state index contributed by atoms with van der Waals surface area (Å²) in [5.74, 6) is 2.63. The molecule has 0 bridgehead atoms. The largest absolute Gasteiger partial charge is 0.368 e. The van der Waals surface area contributed by atoms with E-state index in [0.717, 1.165) is 49.2 Å². The van der Waals surface area contributed by atoms with E-state index in [4.69, 9.17) is 0 Å². The maximum absolute atomic E-state index is 4.67. The third kappa shape index (κ3) is 4.39. The van der Waals surface area contributed by atoms with E-state index in [1.807, 2.05) is 25.3 Å². The quantitative estimate of drug-likeness (QED) is 0.738. The van der Waals surface area contributed by atoms with E-state index in [1.54, 1.807) is 6.20 Å². The van der Waals surface area contributed by atoms with Gasteiger partial charge in [0, 0.05) is 56.9 Å². The molecule has 0 spiro atoms. The summed E-state index contributed by atoms with van der Waals surface area (Å²) in [6, 6.07) is 14.8. The third-order valence-corrected chi connectivity index (χ3v) is 4.99. The van der Waals surface area contributed by atoms with Crippen LogP contribution in [0.25, 0.3) is 0 Å². The summed E-state index contributed by atoms with van der Waals surface area (Å²) in [4.78, 5) is 18.1. The summed E-state index contributed by atoms with van der Waals surface area (Å²) in [6.07, 6.45) is 3.65. The molecule has 1 saturated heterocycles. The van der Waals surface area contributed by atoms with E-state index >= 15 is 0 Å². The Hall–Kier alpha value is -3.15. The number of nitrogens with zero attached hydrogens (tertiary/aromatic N) is 5. The zero-order valence-electron chi connectivity index (χ0n) is 16.5. The lowest BCUT2D eigenvalue weighted by Crippen LogP contribution is -2.47. The molecule has 144 valence electrons. The Bertz CT molecular complexity index is 919. The molecule has 6 heteroatoms. The van der Waals surface area contributed by atoms with Crippen molar-refractivity contribution in [2.45, 2.75) is 20.4 Å². The minimum absolute atomic E-state index is 0.699. The Morgan fingerprint density at radius 1 is 0.929 bits per heavy atom. The van der Waals surface area contributed by atoms with Gasteiger partial charge in [0.05, 0.1) is 0 Å². The smallest absolute Gasteiger partial charge is 0.134 e. The van der Waals surface area contributed by atoms with Crippen LogP contribution in [0.1, 0.15) is 17.0 Å². The predicted molar refractivity (Wildman–Crippen MR) is 114 cm³/mol. The maximum Gasteiger partial charge on any atom is 0.134 e. The summed E-state index contributed by atoms with van der Waals surface area (Å²) in [6.45, 7) is 8.67. The highest BCUT2D eigenvalue weighted by molar-refractivity contribution is 5.53. The Labute approximate surface area is 166 Å².